The van der Waals surface area contributed by atoms with Gasteiger partial charge in [-0.1, -0.05) is 0 Å². The van der Waals surface area contributed by atoms with Gasteiger partial charge in [0, 0.05) is 25.2 Å². The number of nitrogens with zero attached hydrogens (tertiary/aromatic N) is 1. The van der Waals surface area contributed by atoms with Crippen molar-refractivity contribution >= 4 is 0 Å². The molecule has 1 fully saturated rings. The quantitative estimate of drug-likeness (QED) is 0.668. The average Bonchev–Trinajstić information content (AvgIpc) is 2.05. The van der Waals surface area contributed by atoms with Crippen molar-refractivity contribution in [3.05, 3.63) is 0 Å². The van der Waals surface area contributed by atoms with Gasteiger partial charge in [0.1, 0.15) is 0 Å². The van der Waals surface area contributed by atoms with Gasteiger partial charge in [-0.05, 0) is 26.9 Å². The normalized spacial score (nSPS) is 23.0. The van der Waals surface area contributed by atoms with Gasteiger partial charge in [0.15, 0.2) is 0 Å². The van der Waals surface area contributed by atoms with Gasteiger partial charge < -0.3 is 14.7 Å². The average molecular weight is 173 g/mol. The fourth-order valence-electron chi connectivity index (χ4n) is 1.84. The summed E-state index contributed by atoms with van der Waals surface area (Å²) < 4.78 is 5.28. The molecule has 1 N–H and O–H groups in total. The summed E-state index contributed by atoms with van der Waals surface area (Å²) in [6, 6.07) is 0. The van der Waals surface area contributed by atoms with Crippen molar-refractivity contribution < 1.29 is 9.84 Å². The molecule has 72 valence electrons. The highest BCUT2D eigenvalue weighted by atomic mass is 16.5. The summed E-state index contributed by atoms with van der Waals surface area (Å²) in [5.74, 6) is 0. The van der Waals surface area contributed by atoms with Crippen LogP contribution in [-0.4, -0.2) is 50.5 Å². The van der Waals surface area contributed by atoms with Gasteiger partial charge >= 0.3 is 0 Å². The highest BCUT2D eigenvalue weighted by molar-refractivity contribution is 4.83. The molecule has 3 nitrogen and oxygen atoms in total. The second-order valence-electron chi connectivity index (χ2n) is 4.01. The zero-order chi connectivity index (χ0) is 9.03. The lowest BCUT2D eigenvalue weighted by Gasteiger charge is -2.37. The number of aliphatic hydroxyl groups excluding tert-OH is 1. The molecule has 0 atom stereocenters. The Labute approximate surface area is 74.3 Å². The molecule has 0 spiro atoms. The third kappa shape index (κ3) is 2.44. The number of aliphatic hydroxyl groups is 1. The molecule has 0 aliphatic carbocycles. The Hall–Kier alpha value is -0.120. The number of rotatable bonds is 3. The van der Waals surface area contributed by atoms with Gasteiger partial charge in [0.25, 0.3) is 0 Å². The standard InChI is InChI=1S/C9H19NO2/c1-10(2)7-9(8-11)3-5-12-6-4-9/h11H,3-8H2,1-2H3. The molecule has 0 aromatic rings. The lowest BCUT2D eigenvalue weighted by atomic mass is 9.81. The maximum Gasteiger partial charge on any atom is 0.0501 e. The molecule has 0 unspecified atom stereocenters. The Morgan fingerprint density at radius 1 is 1.33 bits per heavy atom. The van der Waals surface area contributed by atoms with Crippen LogP contribution in [0.5, 0.6) is 0 Å². The fourth-order valence-corrected chi connectivity index (χ4v) is 1.84. The van der Waals surface area contributed by atoms with Gasteiger partial charge in [-0.2, -0.15) is 0 Å². The predicted octanol–water partition coefficient (Wildman–Crippen LogP) is 0.337. The van der Waals surface area contributed by atoms with Crippen LogP contribution >= 0.6 is 0 Å². The first kappa shape index (κ1) is 9.96. The number of hydrogen-bond acceptors (Lipinski definition) is 3. The molecular formula is C9H19NO2. The number of hydrogen-bond donors (Lipinski definition) is 1. The molecular weight excluding hydrogens is 154 g/mol. The van der Waals surface area contributed by atoms with Gasteiger partial charge in [0.2, 0.25) is 0 Å². The second kappa shape index (κ2) is 4.21. The Bertz CT molecular complexity index is 130. The van der Waals surface area contributed by atoms with Crippen molar-refractivity contribution in [1.29, 1.82) is 0 Å². The van der Waals surface area contributed by atoms with Gasteiger partial charge in [-0.15, -0.1) is 0 Å². The van der Waals surface area contributed by atoms with Gasteiger partial charge in [-0.3, -0.25) is 0 Å². The summed E-state index contributed by atoms with van der Waals surface area (Å²) in [4.78, 5) is 2.14. The van der Waals surface area contributed by atoms with Crippen molar-refractivity contribution in [1.82, 2.24) is 4.90 Å². The third-order valence-corrected chi connectivity index (χ3v) is 2.54. The van der Waals surface area contributed by atoms with E-state index in [9.17, 15) is 5.11 Å². The van der Waals surface area contributed by atoms with Crippen LogP contribution in [0.3, 0.4) is 0 Å². The molecule has 1 rings (SSSR count). The number of ether oxygens (including phenoxy) is 1. The molecule has 0 aromatic carbocycles. The molecule has 1 aliphatic rings. The maximum absolute atomic E-state index is 9.31. The molecule has 0 radical (unpaired) electrons. The Balaban J connectivity index is 2.48. The fraction of sp³-hybridized carbons (Fsp3) is 1.00. The molecule has 1 aliphatic heterocycles. The van der Waals surface area contributed by atoms with Crippen LogP contribution in [0.2, 0.25) is 0 Å². The lowest BCUT2D eigenvalue weighted by molar-refractivity contribution is -0.0278. The zero-order valence-corrected chi connectivity index (χ0v) is 8.05. The van der Waals surface area contributed by atoms with Crippen LogP contribution in [-0.2, 0) is 4.74 Å². The second-order valence-corrected chi connectivity index (χ2v) is 4.01. The first-order valence-corrected chi connectivity index (χ1v) is 4.52. The third-order valence-electron chi connectivity index (χ3n) is 2.54. The molecule has 0 bridgehead atoms. The van der Waals surface area contributed by atoms with Crippen molar-refractivity contribution in [2.45, 2.75) is 12.8 Å². The predicted molar refractivity (Wildman–Crippen MR) is 48.1 cm³/mol. The molecule has 1 saturated heterocycles. The molecule has 3 heteroatoms. The summed E-state index contributed by atoms with van der Waals surface area (Å²) in [5.41, 5.74) is 0.0990. The van der Waals surface area contributed by atoms with Crippen LogP contribution in [0, 0.1) is 5.41 Å². The van der Waals surface area contributed by atoms with Crippen LogP contribution in [0.25, 0.3) is 0 Å². The SMILES string of the molecule is CN(C)CC1(CO)CCOCC1. The minimum atomic E-state index is 0.0990. The van der Waals surface area contributed by atoms with E-state index in [1.165, 1.54) is 0 Å². The first-order chi connectivity index (χ1) is 5.68. The Kier molecular flexibility index (Phi) is 3.50. The van der Waals surface area contributed by atoms with Crippen LogP contribution < -0.4 is 0 Å². The molecule has 0 amide bonds. The van der Waals surface area contributed by atoms with Gasteiger partial charge in [-0.25, -0.2) is 0 Å². The first-order valence-electron chi connectivity index (χ1n) is 4.52. The van der Waals surface area contributed by atoms with E-state index < -0.39 is 0 Å². The van der Waals surface area contributed by atoms with Crippen LogP contribution in [0.15, 0.2) is 0 Å². The summed E-state index contributed by atoms with van der Waals surface area (Å²) in [7, 11) is 4.10. The summed E-state index contributed by atoms with van der Waals surface area (Å²) in [5, 5.41) is 9.31. The summed E-state index contributed by atoms with van der Waals surface area (Å²) >= 11 is 0. The van der Waals surface area contributed by atoms with E-state index in [0.717, 1.165) is 32.6 Å². The molecule has 0 aromatic heterocycles. The molecule has 1 heterocycles. The van der Waals surface area contributed by atoms with Crippen molar-refractivity contribution in [2.75, 3.05) is 40.5 Å². The Morgan fingerprint density at radius 2 is 1.92 bits per heavy atom. The van der Waals surface area contributed by atoms with Gasteiger partial charge in [0.05, 0.1) is 6.61 Å². The summed E-state index contributed by atoms with van der Waals surface area (Å²) in [6.45, 7) is 2.85. The summed E-state index contributed by atoms with van der Waals surface area (Å²) in [6.07, 6.45) is 1.98. The van der Waals surface area contributed by atoms with Crippen LogP contribution in [0.4, 0.5) is 0 Å². The van der Waals surface area contributed by atoms with E-state index in [1.807, 2.05) is 14.1 Å². The van der Waals surface area contributed by atoms with E-state index in [1.54, 1.807) is 0 Å². The van der Waals surface area contributed by atoms with E-state index in [0.29, 0.717) is 0 Å². The van der Waals surface area contributed by atoms with Crippen molar-refractivity contribution in [2.24, 2.45) is 5.41 Å². The van der Waals surface area contributed by atoms with E-state index in [-0.39, 0.29) is 12.0 Å². The van der Waals surface area contributed by atoms with Crippen molar-refractivity contribution in [3.8, 4) is 0 Å². The largest absolute Gasteiger partial charge is 0.396 e. The minimum Gasteiger partial charge on any atom is -0.396 e. The monoisotopic (exact) mass is 173 g/mol. The van der Waals surface area contributed by atoms with Crippen molar-refractivity contribution in [3.63, 3.8) is 0 Å². The highest BCUT2D eigenvalue weighted by Gasteiger charge is 2.32. The lowest BCUT2D eigenvalue weighted by Crippen LogP contribution is -2.41. The topological polar surface area (TPSA) is 32.7 Å². The van der Waals surface area contributed by atoms with E-state index in [4.69, 9.17) is 4.74 Å². The van der Waals surface area contributed by atoms with Crippen LogP contribution in [0.1, 0.15) is 12.8 Å². The smallest absolute Gasteiger partial charge is 0.0501 e. The maximum atomic E-state index is 9.31. The molecule has 0 saturated carbocycles. The van der Waals surface area contributed by atoms with E-state index in [2.05, 4.69) is 4.90 Å². The molecule has 12 heavy (non-hydrogen) atoms. The Morgan fingerprint density at radius 3 is 2.33 bits per heavy atom. The minimum absolute atomic E-state index is 0.0990. The highest BCUT2D eigenvalue weighted by Crippen LogP contribution is 2.30. The van der Waals surface area contributed by atoms with E-state index >= 15 is 0 Å². The zero-order valence-electron chi connectivity index (χ0n) is 8.05.